The Hall–Kier alpha value is -5.51. The number of carbonyl (C=O) groups excluding carboxylic acids is 1. The topological polar surface area (TPSA) is 200 Å². The quantitative estimate of drug-likeness (QED) is 0.115. The molecule has 0 aliphatic carbocycles. The second-order valence-corrected chi connectivity index (χ2v) is 13.2. The lowest BCUT2D eigenvalue weighted by Crippen LogP contribution is -2.25. The van der Waals surface area contributed by atoms with Crippen molar-refractivity contribution in [2.24, 2.45) is 0 Å². The number of benzene rings is 3. The first-order valence-corrected chi connectivity index (χ1v) is 17.7. The van der Waals surface area contributed by atoms with Gasteiger partial charge in [-0.3, -0.25) is 14.6 Å². The minimum absolute atomic E-state index is 0.0172. The summed E-state index contributed by atoms with van der Waals surface area (Å²) in [6.45, 7) is 7.04. The first-order chi connectivity index (χ1) is 25.4. The van der Waals surface area contributed by atoms with Gasteiger partial charge in [0.15, 0.2) is 5.78 Å². The van der Waals surface area contributed by atoms with Gasteiger partial charge in [-0.25, -0.2) is 19.2 Å². The third kappa shape index (κ3) is 11.2. The highest BCUT2D eigenvalue weighted by molar-refractivity contribution is 7.22. The molecule has 3 heterocycles. The van der Waals surface area contributed by atoms with Crippen LogP contribution in [0.25, 0.3) is 20.5 Å². The summed E-state index contributed by atoms with van der Waals surface area (Å²) >= 11 is 1.63. The van der Waals surface area contributed by atoms with E-state index in [2.05, 4.69) is 21.9 Å². The number of carboxylic acid groups (broad SMARTS) is 4. The fourth-order valence-corrected chi connectivity index (χ4v) is 7.16. The molecule has 3 aromatic carbocycles. The van der Waals surface area contributed by atoms with E-state index < -0.39 is 23.9 Å². The highest BCUT2D eigenvalue weighted by Gasteiger charge is 2.24. The van der Waals surface area contributed by atoms with Gasteiger partial charge in [0.1, 0.15) is 23.9 Å². The number of methoxy groups -OCH3 is 2. The third-order valence-corrected chi connectivity index (χ3v) is 9.84. The number of likely N-dealkylation sites (tertiary alicyclic amines) is 2. The van der Waals surface area contributed by atoms with Crippen molar-refractivity contribution in [1.29, 1.82) is 0 Å². The Labute approximate surface area is 309 Å². The van der Waals surface area contributed by atoms with Gasteiger partial charge in [-0.05, 0) is 106 Å². The average molecular weight is 751 g/mol. The number of ether oxygens (including phenoxy) is 3. The molecule has 4 aromatic rings. The van der Waals surface area contributed by atoms with Gasteiger partial charge in [-0.2, -0.15) is 0 Å². The molecule has 2 aliphatic heterocycles. The molecule has 4 N–H and O–H groups in total. The third-order valence-electron chi connectivity index (χ3n) is 8.62. The smallest absolute Gasteiger partial charge is 0.414 e. The fourth-order valence-electron chi connectivity index (χ4n) is 5.98. The van der Waals surface area contributed by atoms with Crippen LogP contribution < -0.4 is 14.2 Å². The minimum atomic E-state index is -1.82. The van der Waals surface area contributed by atoms with Crippen molar-refractivity contribution >= 4 is 51.1 Å². The summed E-state index contributed by atoms with van der Waals surface area (Å²) in [5.74, 6) is -4.97. The van der Waals surface area contributed by atoms with Crippen LogP contribution in [0.15, 0.2) is 60.7 Å². The number of thiophene rings is 1. The van der Waals surface area contributed by atoms with E-state index in [-0.39, 0.29) is 5.78 Å². The summed E-state index contributed by atoms with van der Waals surface area (Å²) in [6, 6.07) is 20.0. The van der Waals surface area contributed by atoms with E-state index in [1.807, 2.05) is 48.5 Å². The van der Waals surface area contributed by atoms with E-state index in [4.69, 9.17) is 53.8 Å². The zero-order valence-corrected chi connectivity index (χ0v) is 30.2. The summed E-state index contributed by atoms with van der Waals surface area (Å²) in [5, 5.41) is 30.5. The molecule has 0 radical (unpaired) electrons. The lowest BCUT2D eigenvalue weighted by Gasteiger charge is -2.17. The lowest BCUT2D eigenvalue weighted by molar-refractivity contribution is -0.159. The standard InChI is InChI=1S/C34H38N2O4S.2C2H2O4/c1-38-28-13-14-31-29(22-28)32(33(37)25-7-8-26(30(21-25)39-2)23-36-17-5-6-18-36)34(41-31)24-9-11-27(12-10-24)40-20-19-35-15-3-4-16-35;2*3-1(4)2(5)6/h7-14,21-22H,3-6,15-20,23H2,1-2H3;2*(H,3,4)(H,5,6). The predicted octanol–water partition coefficient (Wildman–Crippen LogP) is 5.20. The highest BCUT2D eigenvalue weighted by Crippen LogP contribution is 2.42. The fraction of sp³-hybridized carbons (Fsp3) is 0.342. The molecule has 0 bridgehead atoms. The number of aliphatic carboxylic acids is 4. The molecular weight excluding hydrogens is 708 g/mol. The molecule has 2 aliphatic rings. The van der Waals surface area contributed by atoms with Gasteiger partial charge in [0.05, 0.1) is 14.2 Å². The molecular formula is C38H42N2O12S. The van der Waals surface area contributed by atoms with Crippen LogP contribution in [0.3, 0.4) is 0 Å². The van der Waals surface area contributed by atoms with Gasteiger partial charge in [-0.1, -0.05) is 12.1 Å². The molecule has 0 saturated carbocycles. The van der Waals surface area contributed by atoms with Crippen LogP contribution in [0.1, 0.15) is 47.2 Å². The summed E-state index contributed by atoms with van der Waals surface area (Å²) in [6.07, 6.45) is 5.04. The van der Waals surface area contributed by atoms with Crippen molar-refractivity contribution in [3.05, 3.63) is 77.4 Å². The number of hydrogen-bond acceptors (Lipinski definition) is 11. The number of fused-ring (bicyclic) bond motifs is 1. The Morgan fingerprint density at radius 2 is 1.25 bits per heavy atom. The molecule has 2 fully saturated rings. The summed E-state index contributed by atoms with van der Waals surface area (Å²) < 4.78 is 18.4. The summed E-state index contributed by atoms with van der Waals surface area (Å²) in [5.41, 5.74) is 3.43. The maximum atomic E-state index is 14.2. The molecule has 0 atom stereocenters. The number of rotatable bonds is 11. The van der Waals surface area contributed by atoms with Crippen LogP contribution in [0.5, 0.6) is 17.2 Å². The van der Waals surface area contributed by atoms with Crippen molar-refractivity contribution in [1.82, 2.24) is 9.80 Å². The Morgan fingerprint density at radius 3 is 1.79 bits per heavy atom. The monoisotopic (exact) mass is 750 g/mol. The van der Waals surface area contributed by atoms with Crippen LogP contribution in [-0.2, 0) is 25.7 Å². The van der Waals surface area contributed by atoms with Gasteiger partial charge < -0.3 is 34.6 Å². The number of carboxylic acids is 4. The normalized spacial score (nSPS) is 14.0. The Kier molecular flexibility index (Phi) is 14.7. The number of carbonyl (C=O) groups is 5. The largest absolute Gasteiger partial charge is 0.497 e. The van der Waals surface area contributed by atoms with Crippen LogP contribution in [-0.4, -0.2) is 113 Å². The van der Waals surface area contributed by atoms with Gasteiger partial charge in [0.25, 0.3) is 0 Å². The van der Waals surface area contributed by atoms with Crippen LogP contribution in [0, 0.1) is 0 Å². The SMILES string of the molecule is COc1ccc2sc(-c3ccc(OCCN4CCCC4)cc3)c(C(=O)c3ccc(CN4CCCC4)c(OC)c3)c2c1.O=C(O)C(=O)O.O=C(O)C(=O)O. The predicted molar refractivity (Wildman–Crippen MR) is 196 cm³/mol. The number of ketones is 1. The van der Waals surface area contributed by atoms with Gasteiger partial charge in [0, 0.05) is 44.7 Å². The van der Waals surface area contributed by atoms with E-state index in [9.17, 15) is 4.79 Å². The van der Waals surface area contributed by atoms with Crippen LogP contribution in [0.2, 0.25) is 0 Å². The second-order valence-electron chi connectivity index (χ2n) is 12.1. The molecule has 282 valence electrons. The maximum Gasteiger partial charge on any atom is 0.414 e. The second kappa shape index (κ2) is 19.4. The van der Waals surface area contributed by atoms with Crippen molar-refractivity contribution in [3.63, 3.8) is 0 Å². The Bertz CT molecular complexity index is 1860. The van der Waals surface area contributed by atoms with Crippen molar-refractivity contribution in [3.8, 4) is 27.7 Å². The molecule has 15 heteroatoms. The Balaban J connectivity index is 0.000000453. The molecule has 1 aromatic heterocycles. The van der Waals surface area contributed by atoms with Crippen LogP contribution >= 0.6 is 11.3 Å². The van der Waals surface area contributed by atoms with Crippen molar-refractivity contribution < 1.29 is 58.6 Å². The van der Waals surface area contributed by atoms with Gasteiger partial charge in [-0.15, -0.1) is 11.3 Å². The summed E-state index contributed by atoms with van der Waals surface area (Å²) in [7, 11) is 3.34. The van der Waals surface area contributed by atoms with E-state index in [1.165, 1.54) is 38.8 Å². The Morgan fingerprint density at radius 1 is 0.679 bits per heavy atom. The van der Waals surface area contributed by atoms with Crippen LogP contribution in [0.4, 0.5) is 0 Å². The highest BCUT2D eigenvalue weighted by atomic mass is 32.1. The molecule has 0 spiro atoms. The van der Waals surface area contributed by atoms with E-state index >= 15 is 0 Å². The molecule has 0 unspecified atom stereocenters. The van der Waals surface area contributed by atoms with Gasteiger partial charge in [0.2, 0.25) is 0 Å². The van der Waals surface area contributed by atoms with E-state index in [0.717, 1.165) is 69.5 Å². The van der Waals surface area contributed by atoms with E-state index in [1.54, 1.807) is 25.6 Å². The molecule has 2 saturated heterocycles. The van der Waals surface area contributed by atoms with Crippen molar-refractivity contribution in [2.45, 2.75) is 32.2 Å². The van der Waals surface area contributed by atoms with Crippen molar-refractivity contribution in [2.75, 3.05) is 53.6 Å². The summed E-state index contributed by atoms with van der Waals surface area (Å²) in [4.78, 5) is 56.5. The number of nitrogens with zero attached hydrogens (tertiary/aromatic N) is 2. The maximum absolute atomic E-state index is 14.2. The molecule has 6 rings (SSSR count). The number of hydrogen-bond donors (Lipinski definition) is 4. The molecule has 0 amide bonds. The first-order valence-electron chi connectivity index (χ1n) is 16.8. The first kappa shape index (κ1) is 40.3. The zero-order chi connectivity index (χ0) is 38.5. The lowest BCUT2D eigenvalue weighted by atomic mass is 9.96. The average Bonchev–Trinajstić information content (AvgIpc) is 3.94. The minimum Gasteiger partial charge on any atom is -0.497 e. The zero-order valence-electron chi connectivity index (χ0n) is 29.4. The molecule has 53 heavy (non-hydrogen) atoms. The van der Waals surface area contributed by atoms with Gasteiger partial charge >= 0.3 is 23.9 Å². The van der Waals surface area contributed by atoms with E-state index in [0.29, 0.717) is 17.7 Å². The molecule has 14 nitrogen and oxygen atoms in total.